The molecule has 0 saturated carbocycles. The molecule has 4 nitrogen and oxygen atoms in total. The Morgan fingerprint density at radius 3 is 2.81 bits per heavy atom. The van der Waals surface area contributed by atoms with Gasteiger partial charge in [0.05, 0.1) is 22.8 Å². The average Bonchev–Trinajstić information content (AvgIpc) is 2.56. The molecule has 0 aliphatic heterocycles. The minimum atomic E-state index is -0.353. The molecule has 2 aromatic heterocycles. The Bertz CT molecular complexity index is 575. The molecule has 0 spiro atoms. The van der Waals surface area contributed by atoms with Gasteiger partial charge in [0.1, 0.15) is 0 Å². The van der Waals surface area contributed by atoms with Crippen molar-refractivity contribution in [3.8, 4) is 0 Å². The second kappa shape index (κ2) is 3.90. The molecule has 0 amide bonds. The van der Waals surface area contributed by atoms with Gasteiger partial charge in [0.15, 0.2) is 5.65 Å². The maximum absolute atomic E-state index is 11.5. The minimum Gasteiger partial charge on any atom is -0.465 e. The molecule has 0 bridgehead atoms. The van der Waals surface area contributed by atoms with Gasteiger partial charge in [-0.05, 0) is 35.8 Å². The number of hydrogen-bond acceptors (Lipinski definition) is 3. The second-order valence-electron chi connectivity index (χ2n) is 3.54. The van der Waals surface area contributed by atoms with Gasteiger partial charge >= 0.3 is 5.97 Å². The Morgan fingerprint density at radius 2 is 2.19 bits per heavy atom. The van der Waals surface area contributed by atoms with Gasteiger partial charge in [-0.1, -0.05) is 0 Å². The molecule has 0 unspecified atom stereocenters. The van der Waals surface area contributed by atoms with E-state index in [2.05, 4.69) is 20.9 Å². The molecule has 2 rings (SSSR count). The summed E-state index contributed by atoms with van der Waals surface area (Å²) >= 11 is 3.40. The lowest BCUT2D eigenvalue weighted by atomic mass is 10.3. The number of hydrogen-bond donors (Lipinski definition) is 0. The zero-order valence-electron chi connectivity index (χ0n) is 9.24. The van der Waals surface area contributed by atoms with Crippen molar-refractivity contribution in [2.75, 3.05) is 7.11 Å². The van der Waals surface area contributed by atoms with Crippen LogP contribution >= 0.6 is 15.9 Å². The van der Waals surface area contributed by atoms with Crippen molar-refractivity contribution in [2.24, 2.45) is 0 Å². The van der Waals surface area contributed by atoms with Crippen LogP contribution in [0.3, 0.4) is 0 Å². The van der Waals surface area contributed by atoms with Crippen molar-refractivity contribution >= 4 is 27.5 Å². The summed E-state index contributed by atoms with van der Waals surface area (Å²) in [5.41, 5.74) is 3.27. The molecule has 5 heteroatoms. The Kier molecular flexibility index (Phi) is 2.71. The monoisotopic (exact) mass is 282 g/mol. The van der Waals surface area contributed by atoms with Gasteiger partial charge in [-0.2, -0.15) is 0 Å². The van der Waals surface area contributed by atoms with Crippen LogP contribution in [0.25, 0.3) is 5.65 Å². The number of carbonyl (C=O) groups excluding carboxylic acids is 1. The molecular formula is C11H11BrN2O2. The SMILES string of the molecule is COC(=O)c1cc(Br)c2nc(C)c(C)n2c1. The van der Waals surface area contributed by atoms with Gasteiger partial charge in [0.25, 0.3) is 0 Å². The minimum absolute atomic E-state index is 0.353. The van der Waals surface area contributed by atoms with Crippen molar-refractivity contribution in [2.45, 2.75) is 13.8 Å². The fourth-order valence-corrected chi connectivity index (χ4v) is 2.09. The third-order valence-electron chi connectivity index (χ3n) is 2.57. The Morgan fingerprint density at radius 1 is 1.50 bits per heavy atom. The predicted octanol–water partition coefficient (Wildman–Crippen LogP) is 2.50. The van der Waals surface area contributed by atoms with E-state index in [0.29, 0.717) is 5.56 Å². The number of methoxy groups -OCH3 is 1. The number of nitrogens with zero attached hydrogens (tertiary/aromatic N) is 2. The lowest BCUT2D eigenvalue weighted by Gasteiger charge is -2.03. The summed E-state index contributed by atoms with van der Waals surface area (Å²) in [5.74, 6) is -0.353. The first-order valence-electron chi connectivity index (χ1n) is 4.77. The number of rotatable bonds is 1. The first kappa shape index (κ1) is 11.1. The Balaban J connectivity index is 2.75. The number of imidazole rings is 1. The van der Waals surface area contributed by atoms with E-state index in [-0.39, 0.29) is 5.97 Å². The van der Waals surface area contributed by atoms with E-state index in [0.717, 1.165) is 21.5 Å². The Hall–Kier alpha value is -1.36. The molecule has 0 radical (unpaired) electrons. The maximum Gasteiger partial charge on any atom is 0.339 e. The smallest absolute Gasteiger partial charge is 0.339 e. The zero-order chi connectivity index (χ0) is 11.9. The van der Waals surface area contributed by atoms with E-state index >= 15 is 0 Å². The number of pyridine rings is 1. The summed E-state index contributed by atoms with van der Waals surface area (Å²) in [7, 11) is 1.37. The van der Waals surface area contributed by atoms with Crippen LogP contribution in [0.1, 0.15) is 21.7 Å². The lowest BCUT2D eigenvalue weighted by molar-refractivity contribution is 0.0600. The van der Waals surface area contributed by atoms with Gasteiger partial charge in [0.2, 0.25) is 0 Å². The summed E-state index contributed by atoms with van der Waals surface area (Å²) in [6, 6.07) is 1.72. The van der Waals surface area contributed by atoms with Crippen molar-refractivity contribution in [1.82, 2.24) is 9.38 Å². The van der Waals surface area contributed by atoms with Crippen molar-refractivity contribution in [3.63, 3.8) is 0 Å². The van der Waals surface area contributed by atoms with Crippen molar-refractivity contribution < 1.29 is 9.53 Å². The quantitative estimate of drug-likeness (QED) is 0.755. The van der Waals surface area contributed by atoms with E-state index in [9.17, 15) is 4.79 Å². The van der Waals surface area contributed by atoms with Crippen LogP contribution in [0.15, 0.2) is 16.7 Å². The highest BCUT2D eigenvalue weighted by Gasteiger charge is 2.13. The summed E-state index contributed by atoms with van der Waals surface area (Å²) in [6.07, 6.45) is 1.74. The highest BCUT2D eigenvalue weighted by molar-refractivity contribution is 9.10. The highest BCUT2D eigenvalue weighted by atomic mass is 79.9. The number of aromatic nitrogens is 2. The molecule has 0 N–H and O–H groups in total. The van der Waals surface area contributed by atoms with Crippen LogP contribution in [0, 0.1) is 13.8 Å². The van der Waals surface area contributed by atoms with Crippen LogP contribution < -0.4 is 0 Å². The van der Waals surface area contributed by atoms with Crippen LogP contribution in [0.2, 0.25) is 0 Å². The van der Waals surface area contributed by atoms with Crippen molar-refractivity contribution in [1.29, 1.82) is 0 Å². The van der Waals surface area contributed by atoms with E-state index in [1.165, 1.54) is 7.11 Å². The molecule has 0 aliphatic rings. The first-order chi connectivity index (χ1) is 7.54. The summed E-state index contributed by atoms with van der Waals surface area (Å²) in [4.78, 5) is 15.9. The first-order valence-corrected chi connectivity index (χ1v) is 5.57. The van der Waals surface area contributed by atoms with Gasteiger partial charge in [-0.25, -0.2) is 9.78 Å². The van der Waals surface area contributed by atoms with Gasteiger partial charge in [0, 0.05) is 11.9 Å². The fraction of sp³-hybridized carbons (Fsp3) is 0.273. The molecule has 0 atom stereocenters. The molecule has 0 aromatic carbocycles. The molecule has 0 aliphatic carbocycles. The van der Waals surface area contributed by atoms with Gasteiger partial charge in [-0.3, -0.25) is 0 Å². The molecule has 0 saturated heterocycles. The number of esters is 1. The number of halogens is 1. The maximum atomic E-state index is 11.5. The van der Waals surface area contributed by atoms with Gasteiger partial charge < -0.3 is 9.14 Å². The second-order valence-corrected chi connectivity index (χ2v) is 4.40. The number of ether oxygens (including phenoxy) is 1. The lowest BCUT2D eigenvalue weighted by Crippen LogP contribution is -2.03. The molecule has 2 aromatic rings. The molecule has 0 fully saturated rings. The average molecular weight is 283 g/mol. The molecular weight excluding hydrogens is 272 g/mol. The number of fused-ring (bicyclic) bond motifs is 1. The standard InChI is InChI=1S/C11H11BrN2O2/c1-6-7(2)14-5-8(11(15)16-3)4-9(12)10(14)13-6/h4-5H,1-3H3. The largest absolute Gasteiger partial charge is 0.465 e. The third-order valence-corrected chi connectivity index (χ3v) is 3.16. The topological polar surface area (TPSA) is 43.6 Å². The number of aryl methyl sites for hydroxylation is 2. The Labute approximate surface area is 101 Å². The van der Waals surface area contributed by atoms with Crippen molar-refractivity contribution in [3.05, 3.63) is 33.7 Å². The van der Waals surface area contributed by atoms with E-state index in [1.54, 1.807) is 12.3 Å². The van der Waals surface area contributed by atoms with E-state index in [1.807, 2.05) is 18.2 Å². The van der Waals surface area contributed by atoms with Crippen LogP contribution in [0.4, 0.5) is 0 Å². The summed E-state index contributed by atoms with van der Waals surface area (Å²) in [6.45, 7) is 3.90. The van der Waals surface area contributed by atoms with E-state index in [4.69, 9.17) is 4.74 Å². The normalized spacial score (nSPS) is 10.8. The summed E-state index contributed by atoms with van der Waals surface area (Å²) < 4.78 is 7.36. The summed E-state index contributed by atoms with van der Waals surface area (Å²) in [5, 5.41) is 0. The zero-order valence-corrected chi connectivity index (χ0v) is 10.8. The molecule has 16 heavy (non-hydrogen) atoms. The predicted molar refractivity (Wildman–Crippen MR) is 63.7 cm³/mol. The van der Waals surface area contributed by atoms with E-state index < -0.39 is 0 Å². The highest BCUT2D eigenvalue weighted by Crippen LogP contribution is 2.22. The number of carbonyl (C=O) groups is 1. The van der Waals surface area contributed by atoms with Gasteiger partial charge in [-0.15, -0.1) is 0 Å². The van der Waals surface area contributed by atoms with Crippen LogP contribution in [-0.4, -0.2) is 22.5 Å². The van der Waals surface area contributed by atoms with Crippen LogP contribution in [0.5, 0.6) is 0 Å². The molecule has 84 valence electrons. The van der Waals surface area contributed by atoms with Crippen LogP contribution in [-0.2, 0) is 4.74 Å². The third kappa shape index (κ3) is 1.61. The fourth-order valence-electron chi connectivity index (χ4n) is 1.56. The molecule has 2 heterocycles.